The quantitative estimate of drug-likeness (QED) is 0.927. The molecule has 1 aliphatic heterocycles. The molecular weight excluding hydrogens is 294 g/mol. The van der Waals surface area contributed by atoms with E-state index in [0.29, 0.717) is 13.0 Å². The average Bonchev–Trinajstić information content (AvgIpc) is 2.76. The van der Waals surface area contributed by atoms with Crippen LogP contribution in [0.2, 0.25) is 0 Å². The predicted octanol–water partition coefficient (Wildman–Crippen LogP) is 3.28. The summed E-state index contributed by atoms with van der Waals surface area (Å²) in [5.74, 6) is -0.681. The van der Waals surface area contributed by atoms with Gasteiger partial charge in [-0.2, -0.15) is 0 Å². The molecule has 18 heavy (non-hydrogen) atoms. The lowest BCUT2D eigenvalue weighted by Gasteiger charge is -2.33. The molecule has 1 aromatic carbocycles. The first-order valence-corrected chi connectivity index (χ1v) is 7.10. The van der Waals surface area contributed by atoms with E-state index in [-0.39, 0.29) is 0 Å². The van der Waals surface area contributed by atoms with E-state index in [0.717, 1.165) is 23.9 Å². The van der Waals surface area contributed by atoms with Gasteiger partial charge in [0.1, 0.15) is 5.54 Å². The predicted molar refractivity (Wildman–Crippen MR) is 74.4 cm³/mol. The highest BCUT2D eigenvalue weighted by atomic mass is 79.9. The SMILES string of the molecule is CCC1(C(=O)O)CCCN1Cc1ccc(Br)cc1. The molecule has 1 N–H and O–H groups in total. The highest BCUT2D eigenvalue weighted by Crippen LogP contribution is 2.34. The smallest absolute Gasteiger partial charge is 0.324 e. The summed E-state index contributed by atoms with van der Waals surface area (Å²) in [5.41, 5.74) is 0.506. The molecule has 1 fully saturated rings. The van der Waals surface area contributed by atoms with Gasteiger partial charge < -0.3 is 5.11 Å². The molecule has 1 unspecified atom stereocenters. The molecule has 1 aliphatic rings. The van der Waals surface area contributed by atoms with Crippen molar-refractivity contribution in [3.8, 4) is 0 Å². The number of rotatable bonds is 4. The van der Waals surface area contributed by atoms with Crippen LogP contribution in [-0.4, -0.2) is 28.1 Å². The summed E-state index contributed by atoms with van der Waals surface area (Å²) in [4.78, 5) is 13.7. The number of hydrogen-bond acceptors (Lipinski definition) is 2. The van der Waals surface area contributed by atoms with Gasteiger partial charge in [-0.05, 0) is 43.5 Å². The van der Waals surface area contributed by atoms with Gasteiger partial charge in [-0.1, -0.05) is 35.0 Å². The van der Waals surface area contributed by atoms with Crippen molar-refractivity contribution < 1.29 is 9.90 Å². The Balaban J connectivity index is 2.17. The standard InChI is InChI=1S/C14H18BrNO2/c1-2-14(13(17)18)8-3-9-16(14)10-11-4-6-12(15)7-5-11/h4-7H,2-3,8-10H2,1H3,(H,17,18). The molecule has 1 aromatic rings. The van der Waals surface area contributed by atoms with Gasteiger partial charge >= 0.3 is 5.97 Å². The van der Waals surface area contributed by atoms with E-state index in [9.17, 15) is 9.90 Å². The summed E-state index contributed by atoms with van der Waals surface area (Å²) >= 11 is 3.41. The van der Waals surface area contributed by atoms with Crippen molar-refractivity contribution in [1.29, 1.82) is 0 Å². The minimum absolute atomic E-state index is 0.660. The van der Waals surface area contributed by atoms with E-state index in [4.69, 9.17) is 0 Å². The van der Waals surface area contributed by atoms with Crippen LogP contribution in [-0.2, 0) is 11.3 Å². The highest BCUT2D eigenvalue weighted by Gasteiger charge is 2.45. The highest BCUT2D eigenvalue weighted by molar-refractivity contribution is 9.10. The van der Waals surface area contributed by atoms with Crippen molar-refractivity contribution >= 4 is 21.9 Å². The minimum Gasteiger partial charge on any atom is -0.480 e. The van der Waals surface area contributed by atoms with Gasteiger partial charge in [0.25, 0.3) is 0 Å². The third-order valence-corrected chi connectivity index (χ3v) is 4.42. The average molecular weight is 312 g/mol. The lowest BCUT2D eigenvalue weighted by atomic mass is 9.92. The number of halogens is 1. The van der Waals surface area contributed by atoms with Crippen molar-refractivity contribution in [1.82, 2.24) is 4.90 Å². The van der Waals surface area contributed by atoms with Crippen LogP contribution in [0.15, 0.2) is 28.7 Å². The van der Waals surface area contributed by atoms with E-state index in [1.165, 1.54) is 5.56 Å². The molecular formula is C14H18BrNO2. The van der Waals surface area contributed by atoms with Crippen LogP contribution < -0.4 is 0 Å². The number of carboxylic acid groups (broad SMARTS) is 1. The van der Waals surface area contributed by atoms with Gasteiger partial charge in [0, 0.05) is 11.0 Å². The Morgan fingerprint density at radius 3 is 2.67 bits per heavy atom. The molecule has 0 spiro atoms. The Bertz CT molecular complexity index is 432. The molecule has 3 nitrogen and oxygen atoms in total. The van der Waals surface area contributed by atoms with Crippen LogP contribution in [0.3, 0.4) is 0 Å². The second-order valence-corrected chi connectivity index (χ2v) is 5.76. The summed E-state index contributed by atoms with van der Waals surface area (Å²) < 4.78 is 1.05. The Morgan fingerprint density at radius 1 is 1.44 bits per heavy atom. The zero-order valence-electron chi connectivity index (χ0n) is 10.5. The first kappa shape index (κ1) is 13.6. The van der Waals surface area contributed by atoms with E-state index in [1.807, 2.05) is 31.2 Å². The maximum absolute atomic E-state index is 11.6. The van der Waals surface area contributed by atoms with E-state index in [2.05, 4.69) is 20.8 Å². The van der Waals surface area contributed by atoms with Crippen LogP contribution in [0.25, 0.3) is 0 Å². The van der Waals surface area contributed by atoms with Crippen molar-refractivity contribution in [3.63, 3.8) is 0 Å². The van der Waals surface area contributed by atoms with Gasteiger partial charge in [-0.25, -0.2) is 0 Å². The summed E-state index contributed by atoms with van der Waals surface area (Å²) in [7, 11) is 0. The monoisotopic (exact) mass is 311 g/mol. The Kier molecular flexibility index (Phi) is 4.07. The normalized spacial score (nSPS) is 24.3. The van der Waals surface area contributed by atoms with Crippen LogP contribution in [0, 0.1) is 0 Å². The molecule has 0 saturated carbocycles. The van der Waals surface area contributed by atoms with Gasteiger partial charge in [-0.15, -0.1) is 0 Å². The van der Waals surface area contributed by atoms with Gasteiger partial charge in [-0.3, -0.25) is 9.69 Å². The van der Waals surface area contributed by atoms with E-state index in [1.54, 1.807) is 0 Å². The zero-order chi connectivity index (χ0) is 13.2. The number of aliphatic carboxylic acids is 1. The number of carboxylic acids is 1. The third-order valence-electron chi connectivity index (χ3n) is 3.89. The summed E-state index contributed by atoms with van der Waals surface area (Å²) in [6.07, 6.45) is 2.39. The van der Waals surface area contributed by atoms with Gasteiger partial charge in [0.05, 0.1) is 0 Å². The first-order valence-electron chi connectivity index (χ1n) is 6.31. The number of nitrogens with zero attached hydrogens (tertiary/aromatic N) is 1. The van der Waals surface area contributed by atoms with E-state index >= 15 is 0 Å². The Labute approximate surface area is 116 Å². The maximum atomic E-state index is 11.6. The van der Waals surface area contributed by atoms with Gasteiger partial charge in [0.15, 0.2) is 0 Å². The molecule has 4 heteroatoms. The fourth-order valence-corrected chi connectivity index (χ4v) is 3.03. The van der Waals surface area contributed by atoms with Crippen molar-refractivity contribution in [3.05, 3.63) is 34.3 Å². The molecule has 1 heterocycles. The second kappa shape index (κ2) is 5.41. The molecule has 0 amide bonds. The topological polar surface area (TPSA) is 40.5 Å². The molecule has 0 aromatic heterocycles. The van der Waals surface area contributed by atoms with Crippen molar-refractivity contribution in [2.45, 2.75) is 38.3 Å². The Hall–Kier alpha value is -0.870. The van der Waals surface area contributed by atoms with Crippen molar-refractivity contribution in [2.75, 3.05) is 6.54 Å². The number of likely N-dealkylation sites (tertiary alicyclic amines) is 1. The number of carbonyl (C=O) groups is 1. The fourth-order valence-electron chi connectivity index (χ4n) is 2.77. The molecule has 98 valence electrons. The second-order valence-electron chi connectivity index (χ2n) is 4.84. The van der Waals surface area contributed by atoms with E-state index < -0.39 is 11.5 Å². The molecule has 1 atom stereocenters. The van der Waals surface area contributed by atoms with Crippen LogP contribution >= 0.6 is 15.9 Å². The molecule has 0 aliphatic carbocycles. The fraction of sp³-hybridized carbons (Fsp3) is 0.500. The summed E-state index contributed by atoms with van der Waals surface area (Å²) in [6, 6.07) is 8.09. The summed E-state index contributed by atoms with van der Waals surface area (Å²) in [6.45, 7) is 3.55. The molecule has 0 radical (unpaired) electrons. The number of benzene rings is 1. The van der Waals surface area contributed by atoms with Crippen LogP contribution in [0.1, 0.15) is 31.7 Å². The molecule has 0 bridgehead atoms. The lowest BCUT2D eigenvalue weighted by molar-refractivity contribution is -0.150. The van der Waals surface area contributed by atoms with Crippen LogP contribution in [0.4, 0.5) is 0 Å². The largest absolute Gasteiger partial charge is 0.480 e. The van der Waals surface area contributed by atoms with Crippen molar-refractivity contribution in [2.24, 2.45) is 0 Å². The zero-order valence-corrected chi connectivity index (χ0v) is 12.1. The van der Waals surface area contributed by atoms with Crippen LogP contribution in [0.5, 0.6) is 0 Å². The maximum Gasteiger partial charge on any atom is 0.324 e. The minimum atomic E-state index is -0.681. The lowest BCUT2D eigenvalue weighted by Crippen LogP contribution is -2.49. The summed E-state index contributed by atoms with van der Waals surface area (Å²) in [5, 5.41) is 9.51. The first-order chi connectivity index (χ1) is 8.58. The van der Waals surface area contributed by atoms with Gasteiger partial charge in [0.2, 0.25) is 0 Å². The molecule has 2 rings (SSSR count). The Morgan fingerprint density at radius 2 is 2.11 bits per heavy atom. The molecule has 1 saturated heterocycles. The number of hydrogen-bond donors (Lipinski definition) is 1. The third kappa shape index (κ3) is 2.45.